The van der Waals surface area contributed by atoms with Crippen LogP contribution in [0.15, 0.2) is 0 Å². The van der Waals surface area contributed by atoms with Crippen molar-refractivity contribution >= 4 is 71.6 Å². The predicted octanol–water partition coefficient (Wildman–Crippen LogP) is 5.66. The maximum atomic E-state index is 12.3. The second-order valence-corrected chi connectivity index (χ2v) is 29.9. The highest BCUT2D eigenvalue weighted by Gasteiger charge is 2.76. The molecule has 0 amide bonds. The van der Waals surface area contributed by atoms with Gasteiger partial charge in [0.15, 0.2) is 42.9 Å². The van der Waals surface area contributed by atoms with Gasteiger partial charge in [0.05, 0.1) is 66.0 Å². The van der Waals surface area contributed by atoms with Crippen molar-refractivity contribution in [3.63, 3.8) is 0 Å². The molecule has 20 atom stereocenters. The minimum atomic E-state index is -1.28. The van der Waals surface area contributed by atoms with Crippen LogP contribution in [0.5, 0.6) is 0 Å². The van der Waals surface area contributed by atoms with Gasteiger partial charge in [-0.25, -0.2) is 14.4 Å². The van der Waals surface area contributed by atoms with Crippen LogP contribution in [0.3, 0.4) is 0 Å². The van der Waals surface area contributed by atoms with Gasteiger partial charge in [-0.3, -0.25) is 43.2 Å². The largest absolute Gasteiger partial charge is 0.468 e. The summed E-state index contributed by atoms with van der Waals surface area (Å²) in [5, 5.41) is 9.25. The van der Waals surface area contributed by atoms with Crippen molar-refractivity contribution < 1.29 is 124 Å². The van der Waals surface area contributed by atoms with Gasteiger partial charge in [-0.15, -0.1) is 0 Å². The Labute approximate surface area is 552 Å². The Hall–Kier alpha value is -6.95. The number of hydrogen-bond acceptors (Lipinski definition) is 27. The number of fused-ring (bicyclic) bond motifs is 4. The van der Waals surface area contributed by atoms with Crippen LogP contribution in [0.2, 0.25) is 0 Å². The standard InChI is InChI=1S/C18H24O8.C17H24O6.C17H26O5.C16H19NO7/c1-5-17(2,3)14(20)24-8-11(19)25-12-9-6-10-13(12)26-16(22)18(10,7-9)15(21)23-4;1-4-17(2,3)16(20)21-8-12(18)22-13-9-5-6-10-11(7-9)15(19)23-14(10)13;1-4-17(2,3)16(19)21-7-5-6-20-13-10-8-11-12(9-10)15(18)22-14(11)13;1-4-15(2,3)13(19)21-6-9(18)23-10-8-5-16(7-17)12(22-8)11(10)24-14(16)20/h9-10,12-13H,5-8H2,1-4H3;9-11,13-14H,4-8H2,1-3H3;10-14H,4-9H2,1-3H3;8,10-12H,4-6H2,1-3H3. The van der Waals surface area contributed by atoms with E-state index in [1.165, 1.54) is 7.11 Å². The summed E-state index contributed by atoms with van der Waals surface area (Å²) in [6.07, 6.45) is 4.08. The van der Waals surface area contributed by atoms with Crippen LogP contribution in [-0.4, -0.2) is 173 Å². The summed E-state index contributed by atoms with van der Waals surface area (Å²) in [5.74, 6) is -4.68. The first-order valence-electron chi connectivity index (χ1n) is 33.6. The molecule has 6 aliphatic heterocycles. The smallest absolute Gasteiger partial charge is 0.344 e. The number of carbonyl (C=O) groups is 12. The molecule has 27 heteroatoms. The maximum Gasteiger partial charge on any atom is 0.344 e. The Kier molecular flexibility index (Phi) is 21.2. The predicted molar refractivity (Wildman–Crippen MR) is 320 cm³/mol. The number of nitriles is 1. The summed E-state index contributed by atoms with van der Waals surface area (Å²) < 4.78 is 74.3. The number of carbonyl (C=O) groups excluding carboxylic acids is 12. The third kappa shape index (κ3) is 13.7. The van der Waals surface area contributed by atoms with Gasteiger partial charge >= 0.3 is 71.6 Å². The summed E-state index contributed by atoms with van der Waals surface area (Å²) >= 11 is 0. The fraction of sp³-hybridized carbons (Fsp3) is 0.809. The fourth-order valence-corrected chi connectivity index (χ4v) is 15.3. The van der Waals surface area contributed by atoms with E-state index in [0.717, 1.165) is 38.5 Å². The molecule has 0 aromatic carbocycles. The first-order chi connectivity index (χ1) is 44.7. The molecule has 0 N–H and O–H groups in total. The van der Waals surface area contributed by atoms with Gasteiger partial charge in [0.25, 0.3) is 0 Å². The molecule has 0 radical (unpaired) electrons. The minimum absolute atomic E-state index is 0.0168. The van der Waals surface area contributed by atoms with E-state index in [4.69, 9.17) is 66.3 Å². The van der Waals surface area contributed by atoms with E-state index in [9.17, 15) is 62.8 Å². The zero-order chi connectivity index (χ0) is 69.7. The van der Waals surface area contributed by atoms with Crippen LogP contribution in [0.1, 0.15) is 167 Å². The molecule has 6 heterocycles. The van der Waals surface area contributed by atoms with Crippen LogP contribution in [0.4, 0.5) is 0 Å². The number of esters is 12. The molecule has 0 aromatic rings. The van der Waals surface area contributed by atoms with Crippen molar-refractivity contribution in [2.24, 2.45) is 79.8 Å². The highest BCUT2D eigenvalue weighted by Crippen LogP contribution is 2.63. The van der Waals surface area contributed by atoms with Crippen LogP contribution in [-0.2, 0) is 124 Å². The van der Waals surface area contributed by atoms with E-state index < -0.39 is 136 Å². The zero-order valence-corrected chi connectivity index (χ0v) is 56.7. The van der Waals surface area contributed by atoms with Crippen LogP contribution in [0.25, 0.3) is 0 Å². The summed E-state index contributed by atoms with van der Waals surface area (Å²) in [7, 11) is 1.24. The van der Waals surface area contributed by atoms with Gasteiger partial charge in [0.2, 0.25) is 0 Å². The summed E-state index contributed by atoms with van der Waals surface area (Å²) in [6, 6.07) is 1.98. The molecule has 526 valence electrons. The van der Waals surface area contributed by atoms with E-state index in [1.54, 1.807) is 41.5 Å². The molecule has 27 nitrogen and oxygen atoms in total. The lowest BCUT2D eigenvalue weighted by atomic mass is 9.63. The molecule has 7 aliphatic carbocycles. The number of ether oxygens (including phenoxy) is 14. The number of rotatable bonds is 23. The average molecular weight is 1340 g/mol. The molecule has 13 rings (SSSR count). The van der Waals surface area contributed by atoms with Gasteiger partial charge in [-0.1, -0.05) is 27.7 Å². The lowest BCUT2D eigenvalue weighted by Crippen LogP contribution is -2.50. The Balaban J connectivity index is 0.000000149. The van der Waals surface area contributed by atoms with Gasteiger partial charge < -0.3 is 66.3 Å². The van der Waals surface area contributed by atoms with Gasteiger partial charge in [-0.2, -0.15) is 5.26 Å². The van der Waals surface area contributed by atoms with E-state index in [0.29, 0.717) is 57.2 Å². The Morgan fingerprint density at radius 2 is 0.989 bits per heavy atom. The van der Waals surface area contributed by atoms with Gasteiger partial charge in [0, 0.05) is 42.4 Å². The zero-order valence-electron chi connectivity index (χ0n) is 56.7. The molecule has 13 fully saturated rings. The van der Waals surface area contributed by atoms with Crippen LogP contribution >= 0.6 is 0 Å². The summed E-state index contributed by atoms with van der Waals surface area (Å²) in [6.45, 7) is 21.4. The monoisotopic (exact) mass is 1340 g/mol. The van der Waals surface area contributed by atoms with Gasteiger partial charge in [-0.05, 0) is 132 Å². The normalized spacial score (nSPS) is 35.3. The van der Waals surface area contributed by atoms with Crippen molar-refractivity contribution in [1.29, 1.82) is 5.26 Å². The first-order valence-corrected chi connectivity index (χ1v) is 33.6. The molecule has 20 unspecified atom stereocenters. The molecule has 13 aliphatic rings. The number of nitrogens with zero attached hydrogens (tertiary/aromatic N) is 1. The lowest BCUT2D eigenvalue weighted by molar-refractivity contribution is -0.180. The topological polar surface area (TPSA) is 358 Å². The SMILES string of the molecule is CCC(C)(C)C(=O)OCC(=O)OC1C2CC3(C#N)C(=O)OC1C3O2.CCC(C)(C)C(=O)OCC(=O)OC1C2CC3C1OC(=O)C3(C(=O)OC)C2.CCC(C)(C)C(=O)OCC(=O)OC1C2CCC3C(C2)C(=O)OC31.CCC(C)(C)C(=O)OCCCOC1C2CC3C(=O)OC1C3C2. The molecule has 95 heavy (non-hydrogen) atoms. The average Bonchev–Trinajstić information content (AvgIpc) is 1.52. The molecular weight excluding hydrogens is 1250 g/mol. The van der Waals surface area contributed by atoms with Crippen molar-refractivity contribution in [1.82, 2.24) is 0 Å². The number of methoxy groups -OCH3 is 1. The quantitative estimate of drug-likeness (QED) is 0.0515. The molecule has 0 aromatic heterocycles. The molecule has 6 saturated heterocycles. The van der Waals surface area contributed by atoms with E-state index in [-0.39, 0.29) is 97.3 Å². The third-order valence-corrected chi connectivity index (χ3v) is 22.7. The third-order valence-electron chi connectivity index (χ3n) is 22.7. The Morgan fingerprint density at radius 3 is 1.51 bits per heavy atom. The van der Waals surface area contributed by atoms with Crippen molar-refractivity contribution in [3.05, 3.63) is 0 Å². The van der Waals surface area contributed by atoms with Crippen LogP contribution < -0.4 is 0 Å². The van der Waals surface area contributed by atoms with Crippen LogP contribution in [0, 0.1) is 91.2 Å². The van der Waals surface area contributed by atoms with Gasteiger partial charge in [0.1, 0.15) is 42.7 Å². The molecule has 7 saturated carbocycles. The van der Waals surface area contributed by atoms with E-state index in [2.05, 4.69) is 0 Å². The summed E-state index contributed by atoms with van der Waals surface area (Å²) in [4.78, 5) is 143. The highest BCUT2D eigenvalue weighted by molar-refractivity contribution is 6.03. The molecule has 0 spiro atoms. The van der Waals surface area contributed by atoms with E-state index in [1.807, 2.05) is 47.6 Å². The second-order valence-electron chi connectivity index (χ2n) is 29.9. The fourth-order valence-electron chi connectivity index (χ4n) is 15.3. The maximum absolute atomic E-state index is 12.3. The van der Waals surface area contributed by atoms with E-state index >= 15 is 0 Å². The Morgan fingerprint density at radius 1 is 0.516 bits per heavy atom. The first kappa shape index (κ1) is 72.3. The highest BCUT2D eigenvalue weighted by atomic mass is 16.7. The summed E-state index contributed by atoms with van der Waals surface area (Å²) in [5.41, 5.74) is -4.92. The van der Waals surface area contributed by atoms with Crippen molar-refractivity contribution in [2.75, 3.05) is 40.1 Å². The van der Waals surface area contributed by atoms with Crippen molar-refractivity contribution in [3.8, 4) is 6.07 Å². The Bertz CT molecular complexity index is 3070. The number of hydrogen-bond donors (Lipinski definition) is 0. The lowest BCUT2D eigenvalue weighted by Gasteiger charge is -2.43. The molecule has 10 bridgehead atoms. The second kappa shape index (κ2) is 27.9. The van der Waals surface area contributed by atoms with Crippen molar-refractivity contribution in [2.45, 2.75) is 228 Å². The minimum Gasteiger partial charge on any atom is -0.468 e. The molecular formula is C68H93NO26.